The van der Waals surface area contributed by atoms with Crippen molar-refractivity contribution < 1.29 is 4.39 Å². The van der Waals surface area contributed by atoms with Crippen LogP contribution in [0.1, 0.15) is 57.9 Å². The third-order valence-electron chi connectivity index (χ3n) is 4.66. The van der Waals surface area contributed by atoms with Crippen LogP contribution in [0.2, 0.25) is 0 Å². The van der Waals surface area contributed by atoms with E-state index in [4.69, 9.17) is 0 Å². The van der Waals surface area contributed by atoms with Gasteiger partial charge in [-0.1, -0.05) is 32.9 Å². The summed E-state index contributed by atoms with van der Waals surface area (Å²) in [5, 5.41) is 3.57. The lowest BCUT2D eigenvalue weighted by atomic mass is 9.65. The van der Waals surface area contributed by atoms with Crippen LogP contribution in [0.3, 0.4) is 0 Å². The van der Waals surface area contributed by atoms with Gasteiger partial charge in [0, 0.05) is 0 Å². The molecule has 1 saturated carbocycles. The van der Waals surface area contributed by atoms with Gasteiger partial charge < -0.3 is 5.32 Å². The van der Waals surface area contributed by atoms with Gasteiger partial charge in [0.25, 0.3) is 0 Å². The summed E-state index contributed by atoms with van der Waals surface area (Å²) < 4.78 is 13.1. The second kappa shape index (κ2) is 6.71. The molecule has 1 N–H and O–H groups in total. The molecule has 2 rings (SSSR count). The molecule has 1 aromatic rings. The molecule has 1 nitrogen and oxygen atoms in total. The van der Waals surface area contributed by atoms with Crippen LogP contribution in [0.25, 0.3) is 0 Å². The fourth-order valence-corrected chi connectivity index (χ4v) is 3.45. The smallest absolute Gasteiger partial charge is 0.123 e. The molecule has 0 bridgehead atoms. The molecule has 0 aliphatic heterocycles. The summed E-state index contributed by atoms with van der Waals surface area (Å²) in [6.07, 6.45) is 4.95. The van der Waals surface area contributed by atoms with Crippen molar-refractivity contribution in [2.45, 2.75) is 52.4 Å². The Morgan fingerprint density at radius 2 is 1.95 bits per heavy atom. The van der Waals surface area contributed by atoms with Crippen molar-refractivity contribution in [2.75, 3.05) is 13.1 Å². The van der Waals surface area contributed by atoms with Crippen LogP contribution in [-0.2, 0) is 0 Å². The SMILES string of the molecule is CCCNCC1CCC(C)(C)CC1c1ccc(F)cc1. The molecule has 0 amide bonds. The van der Waals surface area contributed by atoms with E-state index in [1.807, 2.05) is 12.1 Å². The fraction of sp³-hybridized carbons (Fsp3) is 0.667. The molecule has 0 radical (unpaired) electrons. The summed E-state index contributed by atoms with van der Waals surface area (Å²) in [4.78, 5) is 0. The molecular weight excluding hydrogens is 249 g/mol. The van der Waals surface area contributed by atoms with Crippen molar-refractivity contribution in [2.24, 2.45) is 11.3 Å². The molecule has 1 aromatic carbocycles. The van der Waals surface area contributed by atoms with Gasteiger partial charge in [0.1, 0.15) is 5.82 Å². The van der Waals surface area contributed by atoms with E-state index in [2.05, 4.69) is 26.1 Å². The first kappa shape index (κ1) is 15.5. The van der Waals surface area contributed by atoms with Crippen LogP contribution in [0, 0.1) is 17.2 Å². The Kier molecular flexibility index (Phi) is 5.20. The molecule has 2 atom stereocenters. The second-order valence-corrected chi connectivity index (χ2v) is 7.03. The summed E-state index contributed by atoms with van der Waals surface area (Å²) in [7, 11) is 0. The Morgan fingerprint density at radius 1 is 1.25 bits per heavy atom. The first-order chi connectivity index (χ1) is 9.52. The zero-order valence-corrected chi connectivity index (χ0v) is 13.1. The van der Waals surface area contributed by atoms with Gasteiger partial charge in [-0.3, -0.25) is 0 Å². The van der Waals surface area contributed by atoms with Gasteiger partial charge in [0.05, 0.1) is 0 Å². The van der Waals surface area contributed by atoms with Crippen LogP contribution >= 0.6 is 0 Å². The molecule has 20 heavy (non-hydrogen) atoms. The molecular formula is C18H28FN. The first-order valence-electron chi connectivity index (χ1n) is 7.98. The number of rotatable bonds is 5. The maximum atomic E-state index is 13.1. The highest BCUT2D eigenvalue weighted by molar-refractivity contribution is 5.22. The molecule has 0 heterocycles. The maximum Gasteiger partial charge on any atom is 0.123 e. The maximum absolute atomic E-state index is 13.1. The van der Waals surface area contributed by atoms with E-state index in [0.717, 1.165) is 13.1 Å². The molecule has 2 unspecified atom stereocenters. The van der Waals surface area contributed by atoms with Gasteiger partial charge in [0.2, 0.25) is 0 Å². The topological polar surface area (TPSA) is 12.0 Å². The highest BCUT2D eigenvalue weighted by Crippen LogP contribution is 2.46. The summed E-state index contributed by atoms with van der Waals surface area (Å²) in [6.45, 7) is 9.11. The van der Waals surface area contributed by atoms with Crippen molar-refractivity contribution in [1.29, 1.82) is 0 Å². The van der Waals surface area contributed by atoms with Crippen LogP contribution in [0.5, 0.6) is 0 Å². The van der Waals surface area contributed by atoms with Crippen LogP contribution in [0.4, 0.5) is 4.39 Å². The highest BCUT2D eigenvalue weighted by Gasteiger charge is 2.35. The van der Waals surface area contributed by atoms with E-state index in [0.29, 0.717) is 17.3 Å². The van der Waals surface area contributed by atoms with E-state index >= 15 is 0 Å². The van der Waals surface area contributed by atoms with Crippen LogP contribution < -0.4 is 5.32 Å². The summed E-state index contributed by atoms with van der Waals surface area (Å²) in [6, 6.07) is 7.17. The Morgan fingerprint density at radius 3 is 2.60 bits per heavy atom. The molecule has 0 spiro atoms. The minimum absolute atomic E-state index is 0.135. The monoisotopic (exact) mass is 277 g/mol. The third-order valence-corrected chi connectivity index (χ3v) is 4.66. The quantitative estimate of drug-likeness (QED) is 0.767. The molecule has 112 valence electrons. The van der Waals surface area contributed by atoms with Crippen LogP contribution in [-0.4, -0.2) is 13.1 Å². The Balaban J connectivity index is 2.11. The molecule has 1 aliphatic rings. The molecule has 0 aromatic heterocycles. The van der Waals surface area contributed by atoms with Gasteiger partial charge >= 0.3 is 0 Å². The van der Waals surface area contributed by atoms with Crippen molar-refractivity contribution in [3.63, 3.8) is 0 Å². The fourth-order valence-electron chi connectivity index (χ4n) is 3.45. The predicted octanol–water partition coefficient (Wildman–Crippen LogP) is 4.74. The Labute approximate surface area is 123 Å². The Bertz CT molecular complexity index is 410. The number of benzene rings is 1. The van der Waals surface area contributed by atoms with Crippen molar-refractivity contribution in [1.82, 2.24) is 5.32 Å². The highest BCUT2D eigenvalue weighted by atomic mass is 19.1. The Hall–Kier alpha value is -0.890. The van der Waals surface area contributed by atoms with Crippen molar-refractivity contribution in [3.05, 3.63) is 35.6 Å². The predicted molar refractivity (Wildman–Crippen MR) is 83.4 cm³/mol. The van der Waals surface area contributed by atoms with E-state index in [1.165, 1.54) is 31.2 Å². The van der Waals surface area contributed by atoms with E-state index in [1.54, 1.807) is 12.1 Å². The van der Waals surface area contributed by atoms with Gasteiger partial charge in [-0.15, -0.1) is 0 Å². The lowest BCUT2D eigenvalue weighted by Gasteiger charge is -2.41. The summed E-state index contributed by atoms with van der Waals surface area (Å²) in [5.74, 6) is 1.10. The molecule has 2 heteroatoms. The number of hydrogen-bond donors (Lipinski definition) is 1. The van der Waals surface area contributed by atoms with Gasteiger partial charge in [0.15, 0.2) is 0 Å². The van der Waals surface area contributed by atoms with Crippen molar-refractivity contribution in [3.8, 4) is 0 Å². The normalized spacial score (nSPS) is 25.6. The number of halogens is 1. The van der Waals surface area contributed by atoms with Gasteiger partial charge in [-0.25, -0.2) is 4.39 Å². The zero-order valence-electron chi connectivity index (χ0n) is 13.1. The van der Waals surface area contributed by atoms with E-state index in [-0.39, 0.29) is 5.82 Å². The van der Waals surface area contributed by atoms with Crippen LogP contribution in [0.15, 0.2) is 24.3 Å². The third kappa shape index (κ3) is 4.05. The second-order valence-electron chi connectivity index (χ2n) is 7.03. The standard InChI is InChI=1S/C18H28FN/c1-4-11-20-13-15-9-10-18(2,3)12-17(15)14-5-7-16(19)8-6-14/h5-8,15,17,20H,4,9-13H2,1-3H3. The lowest BCUT2D eigenvalue weighted by molar-refractivity contribution is 0.160. The first-order valence-corrected chi connectivity index (χ1v) is 7.98. The summed E-state index contributed by atoms with van der Waals surface area (Å²) in [5.41, 5.74) is 1.71. The molecule has 0 saturated heterocycles. The average Bonchev–Trinajstić information content (AvgIpc) is 2.41. The molecule has 1 fully saturated rings. The molecule has 1 aliphatic carbocycles. The van der Waals surface area contributed by atoms with E-state index in [9.17, 15) is 4.39 Å². The largest absolute Gasteiger partial charge is 0.316 e. The van der Waals surface area contributed by atoms with Crippen molar-refractivity contribution >= 4 is 0 Å². The minimum atomic E-state index is -0.135. The van der Waals surface area contributed by atoms with Gasteiger partial charge in [-0.2, -0.15) is 0 Å². The van der Waals surface area contributed by atoms with Gasteiger partial charge in [-0.05, 0) is 73.7 Å². The lowest BCUT2D eigenvalue weighted by Crippen LogP contribution is -2.35. The average molecular weight is 277 g/mol. The summed E-state index contributed by atoms with van der Waals surface area (Å²) >= 11 is 0. The number of nitrogens with one attached hydrogen (secondary N) is 1. The number of hydrogen-bond acceptors (Lipinski definition) is 1. The van der Waals surface area contributed by atoms with E-state index < -0.39 is 0 Å². The zero-order chi connectivity index (χ0) is 14.6. The minimum Gasteiger partial charge on any atom is -0.316 e.